The number of aryl methyl sites for hydroxylation is 1. The zero-order valence-corrected chi connectivity index (χ0v) is 15.4. The van der Waals surface area contributed by atoms with Gasteiger partial charge in [-0.05, 0) is 42.2 Å². The van der Waals surface area contributed by atoms with E-state index in [-0.39, 0.29) is 0 Å². The molecule has 4 aromatic rings. The lowest BCUT2D eigenvalue weighted by Gasteiger charge is -2.10. The van der Waals surface area contributed by atoms with Crippen molar-refractivity contribution in [1.82, 2.24) is 15.0 Å². The highest BCUT2D eigenvalue weighted by Crippen LogP contribution is 2.18. The highest BCUT2D eigenvalue weighted by Gasteiger charge is 2.04. The maximum absolute atomic E-state index is 4.56. The third-order valence-electron chi connectivity index (χ3n) is 4.73. The van der Waals surface area contributed by atoms with Gasteiger partial charge in [0.05, 0.1) is 0 Å². The van der Waals surface area contributed by atoms with Crippen LogP contribution in [-0.2, 0) is 13.0 Å². The normalized spacial score (nSPS) is 10.9. The van der Waals surface area contributed by atoms with E-state index >= 15 is 0 Å². The number of anilines is 2. The molecule has 2 aromatic heterocycles. The molecule has 0 fully saturated rings. The molecule has 5 nitrogen and oxygen atoms in total. The average Bonchev–Trinajstić information content (AvgIpc) is 3.11. The number of aromatic nitrogens is 3. The molecule has 0 amide bonds. The van der Waals surface area contributed by atoms with Crippen LogP contribution in [0.4, 0.5) is 11.8 Å². The van der Waals surface area contributed by atoms with Gasteiger partial charge in [0.2, 0.25) is 5.95 Å². The fourth-order valence-corrected chi connectivity index (χ4v) is 3.18. The molecule has 0 saturated heterocycles. The molecule has 0 saturated carbocycles. The molecule has 136 valence electrons. The Labute approximate surface area is 158 Å². The molecule has 0 radical (unpaired) electrons. The Morgan fingerprint density at radius 2 is 1.78 bits per heavy atom. The number of nitrogens with one attached hydrogen (secondary N) is 3. The van der Waals surface area contributed by atoms with Crippen LogP contribution in [0.3, 0.4) is 0 Å². The second kappa shape index (κ2) is 7.91. The Balaban J connectivity index is 1.34. The number of H-pyrrole nitrogens is 1. The van der Waals surface area contributed by atoms with Crippen molar-refractivity contribution < 1.29 is 0 Å². The quantitative estimate of drug-likeness (QED) is 0.454. The summed E-state index contributed by atoms with van der Waals surface area (Å²) >= 11 is 0. The van der Waals surface area contributed by atoms with Crippen molar-refractivity contribution >= 4 is 22.7 Å². The summed E-state index contributed by atoms with van der Waals surface area (Å²) in [5.74, 6) is 1.47. The lowest BCUT2D eigenvalue weighted by Crippen LogP contribution is -2.09. The van der Waals surface area contributed by atoms with E-state index in [1.165, 1.54) is 27.6 Å². The van der Waals surface area contributed by atoms with Gasteiger partial charge in [0.25, 0.3) is 0 Å². The van der Waals surface area contributed by atoms with Crippen LogP contribution in [0, 0.1) is 6.92 Å². The van der Waals surface area contributed by atoms with Crippen molar-refractivity contribution in [3.8, 4) is 0 Å². The van der Waals surface area contributed by atoms with E-state index in [0.29, 0.717) is 5.95 Å². The standard InChI is InChI=1S/C22H23N5/c1-16-6-2-3-7-17(16)14-26-21-11-13-24-22(27-21)23-12-10-18-15-25-20-9-5-4-8-19(18)20/h2-9,11,13,15,25H,10,12,14H2,1H3,(H2,23,24,26,27). The van der Waals surface area contributed by atoms with Gasteiger partial charge in [0.15, 0.2) is 0 Å². The van der Waals surface area contributed by atoms with E-state index in [1.807, 2.05) is 12.1 Å². The molecular formula is C22H23N5. The lowest BCUT2D eigenvalue weighted by molar-refractivity contribution is 0.984. The molecule has 2 heterocycles. The van der Waals surface area contributed by atoms with Gasteiger partial charge in [-0.1, -0.05) is 42.5 Å². The number of hydrogen-bond acceptors (Lipinski definition) is 4. The summed E-state index contributed by atoms with van der Waals surface area (Å²) in [5, 5.41) is 7.97. The first kappa shape index (κ1) is 17.1. The number of aromatic amines is 1. The van der Waals surface area contributed by atoms with Gasteiger partial charge >= 0.3 is 0 Å². The van der Waals surface area contributed by atoms with Crippen LogP contribution in [0.5, 0.6) is 0 Å². The Kier molecular flexibility index (Phi) is 5.01. The summed E-state index contributed by atoms with van der Waals surface area (Å²) in [6.45, 7) is 3.65. The third kappa shape index (κ3) is 4.08. The Hall–Kier alpha value is -3.34. The minimum atomic E-state index is 0.643. The fourth-order valence-electron chi connectivity index (χ4n) is 3.18. The molecule has 2 aromatic carbocycles. The van der Waals surface area contributed by atoms with Crippen molar-refractivity contribution in [3.05, 3.63) is 83.7 Å². The van der Waals surface area contributed by atoms with Gasteiger partial charge in [-0.2, -0.15) is 4.98 Å². The first-order valence-corrected chi connectivity index (χ1v) is 9.20. The predicted molar refractivity (Wildman–Crippen MR) is 111 cm³/mol. The number of benzene rings is 2. The predicted octanol–water partition coefficient (Wildman–Crippen LogP) is 4.53. The van der Waals surface area contributed by atoms with Gasteiger partial charge in [0, 0.05) is 36.4 Å². The molecule has 0 aliphatic heterocycles. The molecule has 0 unspecified atom stereocenters. The van der Waals surface area contributed by atoms with Gasteiger partial charge in [0.1, 0.15) is 5.82 Å². The first-order chi connectivity index (χ1) is 13.3. The summed E-state index contributed by atoms with van der Waals surface area (Å²) in [7, 11) is 0. The molecule has 5 heteroatoms. The lowest BCUT2D eigenvalue weighted by atomic mass is 10.1. The minimum absolute atomic E-state index is 0.643. The highest BCUT2D eigenvalue weighted by molar-refractivity contribution is 5.83. The van der Waals surface area contributed by atoms with E-state index in [1.54, 1.807) is 6.20 Å². The van der Waals surface area contributed by atoms with Gasteiger partial charge < -0.3 is 15.6 Å². The van der Waals surface area contributed by atoms with Crippen LogP contribution >= 0.6 is 0 Å². The second-order valence-electron chi connectivity index (χ2n) is 6.58. The Morgan fingerprint density at radius 1 is 0.926 bits per heavy atom. The number of hydrogen-bond donors (Lipinski definition) is 3. The maximum Gasteiger partial charge on any atom is 0.224 e. The first-order valence-electron chi connectivity index (χ1n) is 9.20. The van der Waals surface area contributed by atoms with Crippen LogP contribution < -0.4 is 10.6 Å². The van der Waals surface area contributed by atoms with Crippen molar-refractivity contribution in [2.24, 2.45) is 0 Å². The van der Waals surface area contributed by atoms with Crippen molar-refractivity contribution in [1.29, 1.82) is 0 Å². The molecule has 0 spiro atoms. The molecule has 0 atom stereocenters. The summed E-state index contributed by atoms with van der Waals surface area (Å²) in [6, 6.07) is 18.6. The van der Waals surface area contributed by atoms with Crippen LogP contribution in [0.2, 0.25) is 0 Å². The number of fused-ring (bicyclic) bond motifs is 1. The molecule has 4 rings (SSSR count). The molecule has 3 N–H and O–H groups in total. The maximum atomic E-state index is 4.56. The van der Waals surface area contributed by atoms with Gasteiger partial charge in [-0.3, -0.25) is 0 Å². The average molecular weight is 357 g/mol. The molecule has 0 aliphatic rings. The second-order valence-corrected chi connectivity index (χ2v) is 6.58. The molecule has 0 bridgehead atoms. The fraction of sp³-hybridized carbons (Fsp3) is 0.182. The van der Waals surface area contributed by atoms with Gasteiger partial charge in [-0.25, -0.2) is 4.98 Å². The van der Waals surface area contributed by atoms with Crippen molar-refractivity contribution in [3.63, 3.8) is 0 Å². The summed E-state index contributed by atoms with van der Waals surface area (Å²) in [4.78, 5) is 12.2. The van der Waals surface area contributed by atoms with Crippen LogP contribution in [0.15, 0.2) is 67.0 Å². The van der Waals surface area contributed by atoms with Crippen LogP contribution in [0.1, 0.15) is 16.7 Å². The Bertz CT molecular complexity index is 1040. The van der Waals surface area contributed by atoms with E-state index < -0.39 is 0 Å². The van der Waals surface area contributed by atoms with Gasteiger partial charge in [-0.15, -0.1) is 0 Å². The van der Waals surface area contributed by atoms with Crippen molar-refractivity contribution in [2.75, 3.05) is 17.2 Å². The van der Waals surface area contributed by atoms with E-state index in [0.717, 1.165) is 25.3 Å². The van der Waals surface area contributed by atoms with Crippen LogP contribution in [-0.4, -0.2) is 21.5 Å². The largest absolute Gasteiger partial charge is 0.366 e. The van der Waals surface area contributed by atoms with Crippen LogP contribution in [0.25, 0.3) is 10.9 Å². The summed E-state index contributed by atoms with van der Waals surface area (Å²) < 4.78 is 0. The Morgan fingerprint density at radius 3 is 2.70 bits per heavy atom. The third-order valence-corrected chi connectivity index (χ3v) is 4.73. The van der Waals surface area contributed by atoms with E-state index in [9.17, 15) is 0 Å². The highest BCUT2D eigenvalue weighted by atomic mass is 15.1. The molecule has 0 aliphatic carbocycles. The summed E-state index contributed by atoms with van der Waals surface area (Å²) in [5.41, 5.74) is 5.01. The number of nitrogens with zero attached hydrogens (tertiary/aromatic N) is 2. The number of para-hydroxylation sites is 1. The molecular weight excluding hydrogens is 334 g/mol. The van der Waals surface area contributed by atoms with Crippen molar-refractivity contribution in [2.45, 2.75) is 19.9 Å². The minimum Gasteiger partial charge on any atom is -0.366 e. The van der Waals surface area contributed by atoms with E-state index in [2.05, 4.69) is 81.2 Å². The zero-order valence-electron chi connectivity index (χ0n) is 15.4. The smallest absolute Gasteiger partial charge is 0.224 e. The zero-order chi connectivity index (χ0) is 18.5. The number of rotatable bonds is 7. The molecule has 27 heavy (non-hydrogen) atoms. The monoisotopic (exact) mass is 357 g/mol. The SMILES string of the molecule is Cc1ccccc1CNc1ccnc(NCCc2c[nH]c3ccccc23)n1. The summed E-state index contributed by atoms with van der Waals surface area (Å²) in [6.07, 6.45) is 4.77. The van der Waals surface area contributed by atoms with E-state index in [4.69, 9.17) is 0 Å². The topological polar surface area (TPSA) is 65.6 Å².